The second-order valence-electron chi connectivity index (χ2n) is 4.34. The summed E-state index contributed by atoms with van der Waals surface area (Å²) >= 11 is 0. The van der Waals surface area contributed by atoms with E-state index in [1.165, 1.54) is 17.8 Å². The van der Waals surface area contributed by atoms with Gasteiger partial charge in [0.15, 0.2) is 0 Å². The van der Waals surface area contributed by atoms with Gasteiger partial charge in [-0.05, 0) is 42.4 Å². The zero-order valence-electron chi connectivity index (χ0n) is 5.35. The highest BCUT2D eigenvalue weighted by Gasteiger charge is 2.68. The van der Waals surface area contributed by atoms with E-state index in [4.69, 9.17) is 0 Å². The Morgan fingerprint density at radius 1 is 1.25 bits per heavy atom. The summed E-state index contributed by atoms with van der Waals surface area (Å²) in [7, 11) is 0. The van der Waals surface area contributed by atoms with Crippen molar-refractivity contribution in [2.45, 2.75) is 26.2 Å². The normalized spacial score (nSPS) is 73.9. The highest BCUT2D eigenvalue weighted by atomic mass is 14.7. The van der Waals surface area contributed by atoms with E-state index in [-0.39, 0.29) is 0 Å². The van der Waals surface area contributed by atoms with Gasteiger partial charge in [0.1, 0.15) is 0 Å². The molecule has 3 fully saturated rings. The monoisotopic (exact) mass is 108 g/mol. The highest BCUT2D eigenvalue weighted by Crippen LogP contribution is 2.76. The van der Waals surface area contributed by atoms with Gasteiger partial charge in [0.25, 0.3) is 0 Å². The van der Waals surface area contributed by atoms with Crippen LogP contribution in [0.1, 0.15) is 26.2 Å². The lowest BCUT2D eigenvalue weighted by atomic mass is 9.30. The first-order chi connectivity index (χ1) is 3.80. The van der Waals surface area contributed by atoms with Crippen molar-refractivity contribution in [3.63, 3.8) is 0 Å². The maximum atomic E-state index is 2.48. The molecule has 3 saturated carbocycles. The van der Waals surface area contributed by atoms with Crippen molar-refractivity contribution in [2.24, 2.45) is 23.2 Å². The highest BCUT2D eigenvalue weighted by molar-refractivity contribution is 5.17. The summed E-state index contributed by atoms with van der Waals surface area (Å²) < 4.78 is 0. The predicted molar refractivity (Wildman–Crippen MR) is 32.4 cm³/mol. The molecule has 8 heavy (non-hydrogen) atoms. The molecule has 2 unspecified atom stereocenters. The molecular weight excluding hydrogens is 96.1 g/mol. The quantitative estimate of drug-likeness (QED) is 0.445. The molecule has 0 amide bonds. The van der Waals surface area contributed by atoms with E-state index in [1.807, 2.05) is 0 Å². The van der Waals surface area contributed by atoms with E-state index < -0.39 is 0 Å². The first-order valence-corrected chi connectivity index (χ1v) is 3.80. The molecule has 3 rings (SSSR count). The van der Waals surface area contributed by atoms with Crippen LogP contribution in [0.5, 0.6) is 0 Å². The Kier molecular flexibility index (Phi) is 0.381. The van der Waals surface area contributed by atoms with Crippen LogP contribution in [0, 0.1) is 23.2 Å². The fraction of sp³-hybridized carbons (Fsp3) is 1.00. The zero-order chi connectivity index (χ0) is 5.35. The van der Waals surface area contributed by atoms with Crippen LogP contribution in [0.2, 0.25) is 0 Å². The van der Waals surface area contributed by atoms with Crippen LogP contribution < -0.4 is 0 Å². The average Bonchev–Trinajstić information content (AvgIpc) is 1.63. The lowest BCUT2D eigenvalue weighted by Crippen LogP contribution is -2.67. The van der Waals surface area contributed by atoms with E-state index in [0.717, 1.165) is 5.41 Å². The maximum Gasteiger partial charge on any atom is -0.0287 e. The number of rotatable bonds is 0. The van der Waals surface area contributed by atoms with E-state index in [9.17, 15) is 0 Å². The molecule has 0 heterocycles. The molecule has 0 spiro atoms. The molecule has 0 aromatic heterocycles. The average molecular weight is 108 g/mol. The molecule has 0 aliphatic heterocycles. The Balaban J connectivity index is 1.99. The van der Waals surface area contributed by atoms with Crippen LogP contribution in [0.25, 0.3) is 0 Å². The molecule has 3 aliphatic carbocycles. The van der Waals surface area contributed by atoms with E-state index >= 15 is 0 Å². The predicted octanol–water partition coefficient (Wildman–Crippen LogP) is 2.05. The molecule has 0 nitrogen and oxygen atoms in total. The lowest BCUT2D eigenvalue weighted by molar-refractivity contribution is -0.260. The van der Waals surface area contributed by atoms with Gasteiger partial charge in [0.05, 0.1) is 0 Å². The van der Waals surface area contributed by atoms with Gasteiger partial charge in [-0.1, -0.05) is 6.92 Å². The van der Waals surface area contributed by atoms with Gasteiger partial charge < -0.3 is 0 Å². The zero-order valence-corrected chi connectivity index (χ0v) is 5.35. The second-order valence-corrected chi connectivity index (χ2v) is 4.34. The van der Waals surface area contributed by atoms with E-state index in [0.29, 0.717) is 0 Å². The third-order valence-electron chi connectivity index (χ3n) is 3.88. The van der Waals surface area contributed by atoms with Gasteiger partial charge in [-0.25, -0.2) is 0 Å². The van der Waals surface area contributed by atoms with Gasteiger partial charge in [-0.15, -0.1) is 0 Å². The lowest BCUT2D eigenvalue weighted by Gasteiger charge is -2.75. The second kappa shape index (κ2) is 0.778. The Hall–Kier alpha value is 0. The van der Waals surface area contributed by atoms with Crippen molar-refractivity contribution < 1.29 is 0 Å². The van der Waals surface area contributed by atoms with Crippen LogP contribution in [0.4, 0.5) is 0 Å². The largest absolute Gasteiger partial charge is 0.0593 e. The minimum Gasteiger partial charge on any atom is -0.0593 e. The van der Waals surface area contributed by atoms with Crippen molar-refractivity contribution >= 4 is 0 Å². The molecule has 0 aromatic rings. The van der Waals surface area contributed by atoms with Crippen LogP contribution in [-0.4, -0.2) is 0 Å². The van der Waals surface area contributed by atoms with Gasteiger partial charge in [-0.2, -0.15) is 0 Å². The fourth-order valence-electron chi connectivity index (χ4n) is 3.66. The summed E-state index contributed by atoms with van der Waals surface area (Å²) in [5.41, 5.74) is 0.883. The molecule has 0 aromatic carbocycles. The minimum absolute atomic E-state index is 0.883. The van der Waals surface area contributed by atoms with Gasteiger partial charge in [0.2, 0.25) is 0 Å². The van der Waals surface area contributed by atoms with E-state index in [1.54, 1.807) is 19.3 Å². The smallest absolute Gasteiger partial charge is 0.0287 e. The maximum absolute atomic E-state index is 2.48. The third kappa shape index (κ3) is 0.191. The molecule has 2 atom stereocenters. The summed E-state index contributed by atoms with van der Waals surface area (Å²) in [4.78, 5) is 0. The molecule has 0 saturated heterocycles. The summed E-state index contributed by atoms with van der Waals surface area (Å²) in [6.45, 7) is 2.48. The fourth-order valence-corrected chi connectivity index (χ4v) is 3.66. The Morgan fingerprint density at radius 2 is 1.88 bits per heavy atom. The molecule has 0 radical (unpaired) electrons. The first-order valence-electron chi connectivity index (χ1n) is 3.80. The van der Waals surface area contributed by atoms with Crippen molar-refractivity contribution in [3.05, 3.63) is 0 Å². The molecular formula is C8H12. The van der Waals surface area contributed by atoms with Crippen LogP contribution >= 0.6 is 0 Å². The van der Waals surface area contributed by atoms with Gasteiger partial charge in [0, 0.05) is 0 Å². The molecule has 3 aliphatic rings. The molecule has 0 heteroatoms. The summed E-state index contributed by atoms with van der Waals surface area (Å²) in [5, 5.41) is 0. The summed E-state index contributed by atoms with van der Waals surface area (Å²) in [6, 6.07) is 0. The third-order valence-corrected chi connectivity index (χ3v) is 3.88. The SMILES string of the molecule is CC12CC3CC(C1)C32. The topological polar surface area (TPSA) is 0 Å². The minimum atomic E-state index is 0.883. The summed E-state index contributed by atoms with van der Waals surface area (Å²) in [6.07, 6.45) is 4.75. The first kappa shape index (κ1) is 3.92. The Morgan fingerprint density at radius 3 is 2.00 bits per heavy atom. The molecule has 0 bridgehead atoms. The van der Waals surface area contributed by atoms with Gasteiger partial charge in [-0.3, -0.25) is 0 Å². The van der Waals surface area contributed by atoms with Crippen LogP contribution in [-0.2, 0) is 0 Å². The van der Waals surface area contributed by atoms with Crippen LogP contribution in [0.3, 0.4) is 0 Å². The van der Waals surface area contributed by atoms with Gasteiger partial charge >= 0.3 is 0 Å². The van der Waals surface area contributed by atoms with Crippen molar-refractivity contribution in [2.75, 3.05) is 0 Å². The Bertz CT molecular complexity index is 136. The van der Waals surface area contributed by atoms with Crippen LogP contribution in [0.15, 0.2) is 0 Å². The Labute approximate surface area is 50.3 Å². The van der Waals surface area contributed by atoms with Crippen molar-refractivity contribution in [1.29, 1.82) is 0 Å². The summed E-state index contributed by atoms with van der Waals surface area (Å²) in [5.74, 6) is 3.64. The van der Waals surface area contributed by atoms with Crippen molar-refractivity contribution in [1.82, 2.24) is 0 Å². The number of hydrogen-bond donors (Lipinski definition) is 0. The standard InChI is InChI=1S/C8H12/c1-8-3-5-2-6(4-8)7(5)8/h5-7H,2-4H2,1H3. The van der Waals surface area contributed by atoms with E-state index in [2.05, 4.69) is 6.92 Å². The molecule has 0 N–H and O–H groups in total. The number of hydrogen-bond acceptors (Lipinski definition) is 0. The van der Waals surface area contributed by atoms with Crippen molar-refractivity contribution in [3.8, 4) is 0 Å². The molecule has 44 valence electrons.